The van der Waals surface area contributed by atoms with Crippen molar-refractivity contribution in [1.29, 1.82) is 0 Å². The molecule has 0 bridgehead atoms. The van der Waals surface area contributed by atoms with Crippen LogP contribution in [0.5, 0.6) is 0 Å². The van der Waals surface area contributed by atoms with Gasteiger partial charge in [-0.1, -0.05) is 13.8 Å². The standard InChI is InChI=1S/C16H26BrNO2/c1-4-10-18-15(14-13(17)7-11-20-14)16(19-3)8-5-12(2)6-9-16/h7,11-12,15,18H,4-6,8-10H2,1-3H3. The Bertz CT molecular complexity index is 410. The van der Waals surface area contributed by atoms with E-state index in [0.29, 0.717) is 0 Å². The third kappa shape index (κ3) is 3.29. The maximum absolute atomic E-state index is 6.02. The molecule has 1 atom stereocenters. The molecule has 1 saturated carbocycles. The van der Waals surface area contributed by atoms with Gasteiger partial charge in [-0.15, -0.1) is 0 Å². The van der Waals surface area contributed by atoms with Crippen LogP contribution in [0.25, 0.3) is 0 Å². The number of hydrogen-bond acceptors (Lipinski definition) is 3. The van der Waals surface area contributed by atoms with Crippen LogP contribution in [-0.2, 0) is 4.74 Å². The van der Waals surface area contributed by atoms with Crippen LogP contribution in [-0.4, -0.2) is 19.3 Å². The molecule has 1 aromatic heterocycles. The molecule has 0 amide bonds. The second-order valence-electron chi connectivity index (χ2n) is 5.97. The Balaban J connectivity index is 2.26. The molecule has 0 radical (unpaired) electrons. The molecular weight excluding hydrogens is 318 g/mol. The van der Waals surface area contributed by atoms with Crippen molar-refractivity contribution < 1.29 is 9.15 Å². The zero-order valence-corrected chi connectivity index (χ0v) is 14.3. The summed E-state index contributed by atoms with van der Waals surface area (Å²) in [6, 6.07) is 2.08. The summed E-state index contributed by atoms with van der Waals surface area (Å²) in [5.41, 5.74) is -0.151. The highest BCUT2D eigenvalue weighted by Gasteiger charge is 2.44. The first-order valence-corrected chi connectivity index (χ1v) is 8.43. The van der Waals surface area contributed by atoms with Crippen molar-refractivity contribution in [3.63, 3.8) is 0 Å². The fourth-order valence-corrected chi connectivity index (χ4v) is 3.61. The van der Waals surface area contributed by atoms with E-state index in [1.165, 1.54) is 12.8 Å². The van der Waals surface area contributed by atoms with Crippen molar-refractivity contribution in [1.82, 2.24) is 5.32 Å². The first-order chi connectivity index (χ1) is 9.63. The van der Waals surface area contributed by atoms with E-state index in [9.17, 15) is 0 Å². The van der Waals surface area contributed by atoms with E-state index >= 15 is 0 Å². The number of furan rings is 1. The molecule has 1 aromatic rings. The van der Waals surface area contributed by atoms with Crippen LogP contribution >= 0.6 is 15.9 Å². The molecule has 3 nitrogen and oxygen atoms in total. The van der Waals surface area contributed by atoms with Gasteiger partial charge in [-0.25, -0.2) is 0 Å². The third-order valence-electron chi connectivity index (χ3n) is 4.56. The molecule has 1 N–H and O–H groups in total. The molecule has 1 fully saturated rings. The summed E-state index contributed by atoms with van der Waals surface area (Å²) < 4.78 is 12.8. The van der Waals surface area contributed by atoms with E-state index in [2.05, 4.69) is 35.1 Å². The van der Waals surface area contributed by atoms with Crippen molar-refractivity contribution in [2.24, 2.45) is 5.92 Å². The summed E-state index contributed by atoms with van der Waals surface area (Å²) in [6.45, 7) is 5.49. The molecule has 0 spiro atoms. The van der Waals surface area contributed by atoms with Gasteiger partial charge in [0.15, 0.2) is 0 Å². The summed E-state index contributed by atoms with van der Waals surface area (Å²) in [5.74, 6) is 1.76. The maximum Gasteiger partial charge on any atom is 0.137 e. The molecule has 20 heavy (non-hydrogen) atoms. The quantitative estimate of drug-likeness (QED) is 0.814. The van der Waals surface area contributed by atoms with Gasteiger partial charge in [0.25, 0.3) is 0 Å². The topological polar surface area (TPSA) is 34.4 Å². The Morgan fingerprint density at radius 2 is 2.20 bits per heavy atom. The van der Waals surface area contributed by atoms with Crippen molar-refractivity contribution in [2.75, 3.05) is 13.7 Å². The zero-order valence-electron chi connectivity index (χ0n) is 12.7. The number of ether oxygens (including phenoxy) is 1. The van der Waals surface area contributed by atoms with Crippen LogP contribution in [0.3, 0.4) is 0 Å². The maximum atomic E-state index is 6.02. The van der Waals surface area contributed by atoms with Gasteiger partial charge < -0.3 is 14.5 Å². The lowest BCUT2D eigenvalue weighted by atomic mass is 9.74. The number of nitrogens with one attached hydrogen (secondary N) is 1. The summed E-state index contributed by atoms with van der Waals surface area (Å²) in [7, 11) is 1.84. The average Bonchev–Trinajstić information content (AvgIpc) is 2.88. The van der Waals surface area contributed by atoms with E-state index in [1.807, 2.05) is 13.2 Å². The predicted octanol–water partition coefficient (Wildman–Crippen LogP) is 4.68. The number of halogens is 1. The van der Waals surface area contributed by atoms with E-state index in [0.717, 1.165) is 42.0 Å². The Hall–Kier alpha value is -0.320. The van der Waals surface area contributed by atoms with Crippen molar-refractivity contribution in [3.05, 3.63) is 22.6 Å². The largest absolute Gasteiger partial charge is 0.466 e. The van der Waals surface area contributed by atoms with Crippen molar-refractivity contribution in [2.45, 2.75) is 57.6 Å². The van der Waals surface area contributed by atoms with Gasteiger partial charge in [0.05, 0.1) is 22.4 Å². The summed E-state index contributed by atoms with van der Waals surface area (Å²) >= 11 is 3.60. The molecule has 2 rings (SSSR count). The van der Waals surface area contributed by atoms with E-state index < -0.39 is 0 Å². The molecule has 0 saturated heterocycles. The van der Waals surface area contributed by atoms with E-state index in [4.69, 9.17) is 9.15 Å². The molecule has 1 aliphatic carbocycles. The number of rotatable bonds is 6. The minimum Gasteiger partial charge on any atom is -0.466 e. The second-order valence-corrected chi connectivity index (χ2v) is 6.83. The SMILES string of the molecule is CCCNC(c1occc1Br)C1(OC)CCC(C)CC1. The van der Waals surface area contributed by atoms with Gasteiger partial charge in [-0.05, 0) is 66.6 Å². The Morgan fingerprint density at radius 3 is 2.70 bits per heavy atom. The first kappa shape index (κ1) is 16.1. The first-order valence-electron chi connectivity index (χ1n) is 7.64. The summed E-state index contributed by atoms with van der Waals surface area (Å²) in [4.78, 5) is 0. The van der Waals surface area contributed by atoms with Gasteiger partial charge in [-0.2, -0.15) is 0 Å². The minimum absolute atomic E-state index is 0.115. The Labute approximate surface area is 130 Å². The molecule has 1 unspecified atom stereocenters. The van der Waals surface area contributed by atoms with E-state index in [1.54, 1.807) is 6.26 Å². The van der Waals surface area contributed by atoms with Gasteiger partial charge in [-0.3, -0.25) is 0 Å². The van der Waals surface area contributed by atoms with Gasteiger partial charge >= 0.3 is 0 Å². The molecule has 0 aromatic carbocycles. The minimum atomic E-state index is -0.151. The highest BCUT2D eigenvalue weighted by molar-refractivity contribution is 9.10. The predicted molar refractivity (Wildman–Crippen MR) is 84.8 cm³/mol. The molecule has 0 aliphatic heterocycles. The molecular formula is C16H26BrNO2. The summed E-state index contributed by atoms with van der Waals surface area (Å²) in [5, 5.41) is 3.64. The van der Waals surface area contributed by atoms with Gasteiger partial charge in [0.1, 0.15) is 5.76 Å². The van der Waals surface area contributed by atoms with Crippen LogP contribution in [0.2, 0.25) is 0 Å². The fourth-order valence-electron chi connectivity index (χ4n) is 3.18. The normalized spacial score (nSPS) is 28.5. The van der Waals surface area contributed by atoms with Crippen molar-refractivity contribution in [3.8, 4) is 0 Å². The van der Waals surface area contributed by atoms with Gasteiger partial charge in [0.2, 0.25) is 0 Å². The van der Waals surface area contributed by atoms with Crippen LogP contribution < -0.4 is 5.32 Å². The zero-order chi connectivity index (χ0) is 14.6. The van der Waals surface area contributed by atoms with E-state index in [-0.39, 0.29) is 11.6 Å². The van der Waals surface area contributed by atoms with Crippen LogP contribution in [0.1, 0.15) is 57.8 Å². The van der Waals surface area contributed by atoms with Crippen LogP contribution in [0, 0.1) is 5.92 Å². The lowest BCUT2D eigenvalue weighted by Gasteiger charge is -2.43. The number of methoxy groups -OCH3 is 1. The fraction of sp³-hybridized carbons (Fsp3) is 0.750. The molecule has 114 valence electrons. The highest BCUT2D eigenvalue weighted by Crippen LogP contribution is 2.44. The molecule has 1 heterocycles. The van der Waals surface area contributed by atoms with Crippen LogP contribution in [0.4, 0.5) is 0 Å². The smallest absolute Gasteiger partial charge is 0.137 e. The second kappa shape index (κ2) is 7.10. The van der Waals surface area contributed by atoms with Crippen molar-refractivity contribution >= 4 is 15.9 Å². The molecule has 4 heteroatoms. The summed E-state index contributed by atoms with van der Waals surface area (Å²) in [6.07, 6.45) is 7.45. The van der Waals surface area contributed by atoms with Crippen LogP contribution in [0.15, 0.2) is 21.2 Å². The lowest BCUT2D eigenvalue weighted by Crippen LogP contribution is -2.48. The lowest BCUT2D eigenvalue weighted by molar-refractivity contribution is -0.0805. The third-order valence-corrected chi connectivity index (χ3v) is 5.21. The monoisotopic (exact) mass is 343 g/mol. The number of hydrogen-bond donors (Lipinski definition) is 1. The molecule has 1 aliphatic rings. The highest BCUT2D eigenvalue weighted by atomic mass is 79.9. The Morgan fingerprint density at radius 1 is 1.50 bits per heavy atom. The van der Waals surface area contributed by atoms with Gasteiger partial charge in [0, 0.05) is 7.11 Å². The average molecular weight is 344 g/mol. The Kier molecular flexibility index (Phi) is 5.70.